The molecule has 0 heterocycles. The summed E-state index contributed by atoms with van der Waals surface area (Å²) in [4.78, 5) is 9.52. The predicted octanol–water partition coefficient (Wildman–Crippen LogP) is 20.1. The zero-order valence-corrected chi connectivity index (χ0v) is 72.9. The van der Waals surface area contributed by atoms with E-state index in [4.69, 9.17) is 0 Å². The van der Waals surface area contributed by atoms with Crippen LogP contribution < -0.4 is 36.4 Å². The smallest absolute Gasteiger partial charge is 0.870 e. The average Bonchev–Trinajstić information content (AvgIpc) is 3.77. The first kappa shape index (κ1) is 86.0. The Labute approximate surface area is 575 Å². The quantitative estimate of drug-likeness (QED) is 0.106. The molecule has 5 rings (SSSR count). The van der Waals surface area contributed by atoms with Crippen molar-refractivity contribution in [1.29, 1.82) is 0 Å². The molecular weight excluding hydrogens is 1540 g/mol. The van der Waals surface area contributed by atoms with Gasteiger partial charge in [-0.15, -0.1) is 0 Å². The molecule has 0 amide bonds. The SMILES string of the molecule is CC(C)[Si](c1cc[cH-]cc([Si](C(C)C)(C(C)C)C(C)C)[cH-]c1)(C(C)C)C(C)C.CC(C)[Si](c1cc[cH-]cc([Si](C(C)C)(C(C)C)C(C)C)[cH-]c1)(C(C)C)C(C)C.C[C]1[C](C)[C](C)[C](C)[C]1C.C[C]1[C](C)[C](C)[C](C)[C]1C.O=c1c([O-])c1[O-].[U+4].[U+4]. The molecule has 0 spiro atoms. The van der Waals surface area contributed by atoms with Gasteiger partial charge in [0.05, 0.1) is 0 Å². The van der Waals surface area contributed by atoms with Crippen LogP contribution in [0, 0.1) is 121 Å². The van der Waals surface area contributed by atoms with Crippen molar-refractivity contribution in [1.82, 2.24) is 0 Å². The monoisotopic (exact) mass is 1660 g/mol. The van der Waals surface area contributed by atoms with E-state index in [2.05, 4.69) is 308 Å². The van der Waals surface area contributed by atoms with Crippen LogP contribution in [-0.2, 0) is 0 Å². The fraction of sp³-hybridized carbons (Fsp3) is 0.613. The maximum atomic E-state index is 9.52. The second-order valence-electron chi connectivity index (χ2n) is 28.8. The Kier molecular flexibility index (Phi) is 37.7. The molecule has 2 fully saturated rings. The van der Waals surface area contributed by atoms with Crippen molar-refractivity contribution in [2.75, 3.05) is 0 Å². The van der Waals surface area contributed by atoms with Crippen LogP contribution >= 0.6 is 0 Å². The van der Waals surface area contributed by atoms with E-state index in [-0.39, 0.29) is 62.2 Å². The third kappa shape index (κ3) is 18.6. The largest absolute Gasteiger partial charge is 4.00 e. The predicted molar refractivity (Wildman–Crippen MR) is 376 cm³/mol. The summed E-state index contributed by atoms with van der Waals surface area (Å²) < 4.78 is 0. The molecule has 9 heteroatoms. The maximum Gasteiger partial charge on any atom is 4.00 e. The summed E-state index contributed by atoms with van der Waals surface area (Å²) >= 11 is 0. The van der Waals surface area contributed by atoms with Crippen molar-refractivity contribution in [2.45, 2.75) is 302 Å². The van der Waals surface area contributed by atoms with Gasteiger partial charge in [-0.2, -0.15) is 24.3 Å². The van der Waals surface area contributed by atoms with Crippen LogP contribution in [-0.4, -0.2) is 32.3 Å². The summed E-state index contributed by atoms with van der Waals surface area (Å²) in [6.07, 6.45) is 0. The topological polar surface area (TPSA) is 63.2 Å². The second-order valence-corrected chi connectivity index (χ2v) is 52.4. The average molecular weight is 1660 g/mol. The molecule has 0 atom stereocenters. The molecule has 2 saturated carbocycles. The van der Waals surface area contributed by atoms with Crippen molar-refractivity contribution >= 4 is 53.0 Å². The van der Waals surface area contributed by atoms with Crippen LogP contribution in [0.15, 0.2) is 77.6 Å². The van der Waals surface area contributed by atoms with E-state index in [0.717, 1.165) is 66.5 Å². The van der Waals surface area contributed by atoms with Gasteiger partial charge in [-0.25, -0.2) is 46.8 Å². The molecule has 0 aromatic heterocycles. The summed E-state index contributed by atoms with van der Waals surface area (Å²) in [7, 11) is -6.56. The van der Waals surface area contributed by atoms with E-state index in [0.29, 0.717) is 0 Å². The van der Waals surface area contributed by atoms with Gasteiger partial charge in [-0.3, -0.25) is 27.3 Å². The minimum atomic E-state index is -1.64. The minimum Gasteiger partial charge on any atom is -0.870 e. The third-order valence-corrected chi connectivity index (χ3v) is 50.1. The first-order chi connectivity index (χ1) is 37.6. The zero-order chi connectivity index (χ0) is 64.2. The van der Waals surface area contributed by atoms with Crippen molar-refractivity contribution in [2.24, 2.45) is 0 Å². The Morgan fingerprint density at radius 2 is 0.452 bits per heavy atom. The van der Waals surface area contributed by atoms with Crippen LogP contribution in [0.2, 0.25) is 66.5 Å². The summed E-state index contributed by atoms with van der Waals surface area (Å²) in [5, 5.41) is 25.6. The van der Waals surface area contributed by atoms with Crippen molar-refractivity contribution < 1.29 is 72.4 Å². The van der Waals surface area contributed by atoms with Crippen LogP contribution in [0.4, 0.5) is 0 Å². The van der Waals surface area contributed by atoms with Gasteiger partial charge in [-0.1, -0.05) is 313 Å². The van der Waals surface area contributed by atoms with E-state index in [1.165, 1.54) is 59.2 Å². The molecule has 3 nitrogen and oxygen atoms in total. The summed E-state index contributed by atoms with van der Waals surface area (Å²) in [5.41, 5.74) is 8.05. The van der Waals surface area contributed by atoms with Crippen LogP contribution in [0.5, 0.6) is 11.5 Å². The molecule has 0 bridgehead atoms. The Bertz CT molecular complexity index is 1940. The van der Waals surface area contributed by atoms with Crippen molar-refractivity contribution in [3.63, 3.8) is 0 Å². The molecule has 3 aromatic rings. The summed E-state index contributed by atoms with van der Waals surface area (Å²) in [6.45, 7) is 81.2. The van der Waals surface area contributed by atoms with Gasteiger partial charge in [0.15, 0.2) is 5.43 Å². The zero-order valence-electron chi connectivity index (χ0n) is 60.6. The van der Waals surface area contributed by atoms with E-state index in [1.807, 2.05) is 0 Å². The normalized spacial score (nSPS) is 16.5. The maximum absolute atomic E-state index is 9.52. The first-order valence-corrected chi connectivity index (χ1v) is 41.1. The molecule has 0 unspecified atom stereocenters. The van der Waals surface area contributed by atoms with Crippen molar-refractivity contribution in [3.8, 4) is 11.5 Å². The molecular formula is C75H126O3Si4U2+2. The van der Waals surface area contributed by atoms with E-state index < -0.39 is 49.2 Å². The Morgan fingerprint density at radius 1 is 0.298 bits per heavy atom. The van der Waals surface area contributed by atoms with Gasteiger partial charge in [-0.05, 0) is 59.2 Å². The van der Waals surface area contributed by atoms with Gasteiger partial charge in [0.2, 0.25) is 0 Å². The van der Waals surface area contributed by atoms with E-state index >= 15 is 0 Å². The molecule has 2 aliphatic carbocycles. The molecule has 0 N–H and O–H groups in total. The van der Waals surface area contributed by atoms with Gasteiger partial charge in [0, 0.05) is 32.3 Å². The molecule has 3 aromatic carbocycles. The van der Waals surface area contributed by atoms with Crippen molar-refractivity contribution in [3.05, 3.63) is 142 Å². The fourth-order valence-electron chi connectivity index (χ4n) is 17.3. The molecule has 0 saturated heterocycles. The first-order valence-electron chi connectivity index (χ1n) is 32.2. The minimum absolute atomic E-state index is 0. The van der Waals surface area contributed by atoms with Crippen LogP contribution in [0.1, 0.15) is 235 Å². The van der Waals surface area contributed by atoms with Gasteiger partial charge in [0.1, 0.15) is 0 Å². The van der Waals surface area contributed by atoms with E-state index in [1.54, 1.807) is 20.7 Å². The van der Waals surface area contributed by atoms with Gasteiger partial charge in [0.25, 0.3) is 0 Å². The third-order valence-electron chi connectivity index (χ3n) is 21.9. The van der Waals surface area contributed by atoms with Gasteiger partial charge < -0.3 is 10.2 Å². The number of hydrogen-bond donors (Lipinski definition) is 0. The second kappa shape index (κ2) is 36.8. The number of hydrogen-bond acceptors (Lipinski definition) is 3. The summed E-state index contributed by atoms with van der Waals surface area (Å²) in [6, 6.07) is 29.3. The Morgan fingerprint density at radius 3 is 0.583 bits per heavy atom. The standard InChI is InChI=1S/2C26H48Si2.2C10H15.C3H2O3.2U/c2*1-19(2)27(20(3)4,21(5)6)25-15-13-14-16-26(18-17-25)28(22(7)8,23(9)10)24(11)12;2*1-6-7(2)9(4)10(5)8(6)3;4-1-2(5)3(1)6;;/h2*13-24H,1-12H3;2*1-5H3;4-5H;;/q2*-2;;;;2*+4/p-2. The summed E-state index contributed by atoms with van der Waals surface area (Å²) in [5.74, 6) is 13.0. The molecule has 2 aliphatic rings. The van der Waals surface area contributed by atoms with Gasteiger partial charge >= 0.3 is 62.2 Å². The van der Waals surface area contributed by atoms with E-state index in [9.17, 15) is 15.0 Å². The molecule has 84 heavy (non-hydrogen) atoms. The van der Waals surface area contributed by atoms with Crippen LogP contribution in [0.3, 0.4) is 0 Å². The Balaban J connectivity index is 0. The molecule has 0 aliphatic heterocycles. The molecule has 466 valence electrons. The molecule has 10 radical (unpaired) electrons. The van der Waals surface area contributed by atoms with Crippen LogP contribution in [0.25, 0.3) is 0 Å². The number of rotatable bonds is 16. The fourth-order valence-corrected chi connectivity index (χ4v) is 44.4. The Hall–Kier alpha value is -0.0986.